The van der Waals surface area contributed by atoms with E-state index in [4.69, 9.17) is 0 Å². The molecule has 2 aromatic heterocycles. The molecular weight excluding hydrogens is 384 g/mol. The van der Waals surface area contributed by atoms with Crippen molar-refractivity contribution in [3.63, 3.8) is 0 Å². The van der Waals surface area contributed by atoms with Crippen LogP contribution in [0, 0.1) is 6.92 Å². The molecular formula is C21H24N6OS. The predicted octanol–water partition coefficient (Wildman–Crippen LogP) is 3.66. The first-order chi connectivity index (χ1) is 14.2. The Labute approximate surface area is 174 Å². The molecule has 0 bridgehead atoms. The van der Waals surface area contributed by atoms with Crippen LogP contribution in [-0.4, -0.2) is 39.2 Å². The maximum Gasteiger partial charge on any atom is 0.260 e. The lowest BCUT2D eigenvalue weighted by Crippen LogP contribution is -2.31. The molecule has 150 valence electrons. The summed E-state index contributed by atoms with van der Waals surface area (Å²) < 4.78 is 0. The molecule has 1 saturated heterocycles. The van der Waals surface area contributed by atoms with E-state index >= 15 is 0 Å². The van der Waals surface area contributed by atoms with Gasteiger partial charge in [0.25, 0.3) is 5.91 Å². The summed E-state index contributed by atoms with van der Waals surface area (Å²) in [7, 11) is 0. The van der Waals surface area contributed by atoms with Crippen molar-refractivity contribution >= 4 is 28.3 Å². The second kappa shape index (κ2) is 9.09. The van der Waals surface area contributed by atoms with E-state index in [0.29, 0.717) is 22.3 Å². The summed E-state index contributed by atoms with van der Waals surface area (Å²) >= 11 is 1.40. The van der Waals surface area contributed by atoms with Gasteiger partial charge in [-0.3, -0.25) is 10.1 Å². The Balaban J connectivity index is 1.37. The van der Waals surface area contributed by atoms with Crippen LogP contribution in [0.15, 0.2) is 36.5 Å². The summed E-state index contributed by atoms with van der Waals surface area (Å²) in [5.74, 6) is 0.455. The van der Waals surface area contributed by atoms with E-state index in [1.165, 1.54) is 23.3 Å². The number of nitrogens with one attached hydrogen (secondary N) is 1. The SMILES string of the molecule is Cc1nc(N2CCCCC2)ncc1C(=O)Nc1nnc(CCc2ccccc2)s1. The number of rotatable bonds is 6. The molecule has 8 heteroatoms. The number of aryl methyl sites for hydroxylation is 3. The predicted molar refractivity (Wildman–Crippen MR) is 115 cm³/mol. The Kier molecular flexibility index (Phi) is 6.09. The van der Waals surface area contributed by atoms with Crippen LogP contribution in [0.4, 0.5) is 11.1 Å². The highest BCUT2D eigenvalue weighted by molar-refractivity contribution is 7.15. The Morgan fingerprint density at radius 2 is 1.90 bits per heavy atom. The Bertz CT molecular complexity index is 968. The fraction of sp³-hybridized carbons (Fsp3) is 0.381. The summed E-state index contributed by atoms with van der Waals surface area (Å²) in [6, 6.07) is 10.3. The first kappa shape index (κ1) is 19.4. The highest BCUT2D eigenvalue weighted by Gasteiger charge is 2.18. The van der Waals surface area contributed by atoms with Crippen molar-refractivity contribution in [2.24, 2.45) is 0 Å². The molecule has 29 heavy (non-hydrogen) atoms. The number of hydrogen-bond donors (Lipinski definition) is 1. The second-order valence-electron chi connectivity index (χ2n) is 7.16. The standard InChI is InChI=1S/C21H24N6OS/c1-15-17(14-22-20(23-15)27-12-6-3-7-13-27)19(28)24-21-26-25-18(29-21)11-10-16-8-4-2-5-9-16/h2,4-5,8-9,14H,3,6-7,10-13H2,1H3,(H,24,26,28). The third-order valence-corrected chi connectivity index (χ3v) is 5.91. The topological polar surface area (TPSA) is 83.9 Å². The number of carbonyl (C=O) groups excluding carboxylic acids is 1. The van der Waals surface area contributed by atoms with Crippen LogP contribution >= 0.6 is 11.3 Å². The average molecular weight is 409 g/mol. The second-order valence-corrected chi connectivity index (χ2v) is 8.22. The molecule has 3 aromatic rings. The van der Waals surface area contributed by atoms with Gasteiger partial charge in [0.2, 0.25) is 11.1 Å². The molecule has 0 spiro atoms. The highest BCUT2D eigenvalue weighted by atomic mass is 32.1. The Hall–Kier alpha value is -2.87. The van der Waals surface area contributed by atoms with Crippen molar-refractivity contribution in [3.05, 3.63) is 58.4 Å². The van der Waals surface area contributed by atoms with Crippen molar-refractivity contribution < 1.29 is 4.79 Å². The van der Waals surface area contributed by atoms with E-state index in [2.05, 4.69) is 42.5 Å². The summed E-state index contributed by atoms with van der Waals surface area (Å²) in [4.78, 5) is 23.8. The van der Waals surface area contributed by atoms with Gasteiger partial charge >= 0.3 is 0 Å². The molecule has 0 atom stereocenters. The molecule has 1 fully saturated rings. The minimum absolute atomic E-state index is 0.251. The van der Waals surface area contributed by atoms with E-state index in [9.17, 15) is 4.79 Å². The smallest absolute Gasteiger partial charge is 0.260 e. The van der Waals surface area contributed by atoms with Crippen LogP contribution in [0.25, 0.3) is 0 Å². The van der Waals surface area contributed by atoms with Crippen molar-refractivity contribution in [1.82, 2.24) is 20.2 Å². The Morgan fingerprint density at radius 3 is 2.66 bits per heavy atom. The van der Waals surface area contributed by atoms with Gasteiger partial charge in [-0.15, -0.1) is 10.2 Å². The lowest BCUT2D eigenvalue weighted by Gasteiger charge is -2.26. The molecule has 1 aliphatic heterocycles. The third kappa shape index (κ3) is 4.95. The highest BCUT2D eigenvalue weighted by Crippen LogP contribution is 2.20. The first-order valence-corrected chi connectivity index (χ1v) is 10.8. The van der Waals surface area contributed by atoms with E-state index in [0.717, 1.165) is 43.8 Å². The van der Waals surface area contributed by atoms with Crippen molar-refractivity contribution in [2.45, 2.75) is 39.0 Å². The summed E-state index contributed by atoms with van der Waals surface area (Å²) in [5.41, 5.74) is 2.40. The van der Waals surface area contributed by atoms with Gasteiger partial charge in [-0.2, -0.15) is 0 Å². The number of piperidine rings is 1. The number of amides is 1. The van der Waals surface area contributed by atoms with Crippen LogP contribution in [-0.2, 0) is 12.8 Å². The molecule has 0 saturated carbocycles. The van der Waals surface area contributed by atoms with Crippen molar-refractivity contribution in [2.75, 3.05) is 23.3 Å². The number of aromatic nitrogens is 4. The van der Waals surface area contributed by atoms with Gasteiger partial charge in [0.05, 0.1) is 11.3 Å². The molecule has 1 aliphatic rings. The van der Waals surface area contributed by atoms with E-state index in [1.807, 2.05) is 25.1 Å². The minimum Gasteiger partial charge on any atom is -0.341 e. The van der Waals surface area contributed by atoms with Gasteiger partial charge in [0.1, 0.15) is 5.01 Å². The molecule has 0 radical (unpaired) electrons. The van der Waals surface area contributed by atoms with Crippen LogP contribution in [0.5, 0.6) is 0 Å². The fourth-order valence-corrected chi connectivity index (χ4v) is 4.12. The zero-order chi connectivity index (χ0) is 20.1. The Morgan fingerprint density at radius 1 is 1.10 bits per heavy atom. The molecule has 4 rings (SSSR count). The van der Waals surface area contributed by atoms with Crippen LogP contribution in [0.1, 0.15) is 45.9 Å². The van der Waals surface area contributed by atoms with Crippen LogP contribution in [0.2, 0.25) is 0 Å². The lowest BCUT2D eigenvalue weighted by atomic mass is 10.1. The van der Waals surface area contributed by atoms with Gasteiger partial charge in [-0.25, -0.2) is 9.97 Å². The summed E-state index contributed by atoms with van der Waals surface area (Å²) in [6.07, 6.45) is 6.88. The zero-order valence-electron chi connectivity index (χ0n) is 16.5. The van der Waals surface area contributed by atoms with E-state index in [-0.39, 0.29) is 5.91 Å². The number of hydrogen-bond acceptors (Lipinski definition) is 7. The monoisotopic (exact) mass is 408 g/mol. The van der Waals surface area contributed by atoms with Crippen molar-refractivity contribution in [1.29, 1.82) is 0 Å². The summed E-state index contributed by atoms with van der Waals surface area (Å²) in [5, 5.41) is 12.5. The lowest BCUT2D eigenvalue weighted by molar-refractivity contribution is 0.102. The van der Waals surface area contributed by atoms with Gasteiger partial charge in [-0.05, 0) is 38.2 Å². The molecule has 1 amide bonds. The summed E-state index contributed by atoms with van der Waals surface area (Å²) in [6.45, 7) is 3.79. The van der Waals surface area contributed by atoms with Crippen LogP contribution < -0.4 is 10.2 Å². The molecule has 1 aromatic carbocycles. The molecule has 1 N–H and O–H groups in total. The van der Waals surface area contributed by atoms with Gasteiger partial charge < -0.3 is 4.90 Å². The third-order valence-electron chi connectivity index (χ3n) is 5.01. The molecule has 7 nitrogen and oxygen atoms in total. The zero-order valence-corrected chi connectivity index (χ0v) is 17.3. The quantitative estimate of drug-likeness (QED) is 0.670. The number of anilines is 2. The van der Waals surface area contributed by atoms with Gasteiger partial charge in [-0.1, -0.05) is 41.7 Å². The first-order valence-electron chi connectivity index (χ1n) is 9.95. The molecule has 3 heterocycles. The fourth-order valence-electron chi connectivity index (χ4n) is 3.39. The largest absolute Gasteiger partial charge is 0.341 e. The van der Waals surface area contributed by atoms with E-state index in [1.54, 1.807) is 6.20 Å². The van der Waals surface area contributed by atoms with Gasteiger partial charge in [0, 0.05) is 25.7 Å². The molecule has 0 unspecified atom stereocenters. The number of carbonyl (C=O) groups is 1. The normalized spacial score (nSPS) is 14.0. The maximum absolute atomic E-state index is 12.6. The molecule has 0 aliphatic carbocycles. The number of benzene rings is 1. The maximum atomic E-state index is 12.6. The van der Waals surface area contributed by atoms with Crippen LogP contribution in [0.3, 0.4) is 0 Å². The minimum atomic E-state index is -0.251. The van der Waals surface area contributed by atoms with Crippen molar-refractivity contribution in [3.8, 4) is 0 Å². The average Bonchev–Trinajstić information content (AvgIpc) is 3.20. The van der Waals surface area contributed by atoms with Gasteiger partial charge in [0.15, 0.2) is 0 Å². The number of nitrogens with zero attached hydrogens (tertiary/aromatic N) is 5. The van der Waals surface area contributed by atoms with E-state index < -0.39 is 0 Å².